The van der Waals surface area contributed by atoms with Crippen molar-refractivity contribution in [3.05, 3.63) is 70.9 Å². The first-order chi connectivity index (χ1) is 14.7. The van der Waals surface area contributed by atoms with Crippen LogP contribution in [0.4, 0.5) is 0 Å². The van der Waals surface area contributed by atoms with Crippen molar-refractivity contribution >= 4 is 16.8 Å². The average molecular weight is 402 g/mol. The van der Waals surface area contributed by atoms with Crippen LogP contribution >= 0.6 is 0 Å². The van der Waals surface area contributed by atoms with Crippen LogP contribution in [-0.4, -0.2) is 36.6 Å². The fourth-order valence-electron chi connectivity index (χ4n) is 4.96. The van der Waals surface area contributed by atoms with Crippen molar-refractivity contribution in [2.24, 2.45) is 0 Å². The van der Waals surface area contributed by atoms with E-state index < -0.39 is 0 Å². The maximum Gasteiger partial charge on any atom is 0.250 e. The van der Waals surface area contributed by atoms with E-state index >= 15 is 0 Å². The second-order valence-electron chi connectivity index (χ2n) is 7.92. The molecule has 2 aromatic carbocycles. The number of hydrogen-bond donors (Lipinski definition) is 1. The topological polar surface area (TPSA) is 54.6 Å². The molecule has 2 aliphatic rings. The first kappa shape index (κ1) is 18.8. The molecule has 5 nitrogen and oxygen atoms in total. The highest BCUT2D eigenvalue weighted by atomic mass is 16.5. The molecule has 3 aromatic rings. The number of amides is 1. The van der Waals surface area contributed by atoms with E-state index in [0.717, 1.165) is 48.0 Å². The molecule has 154 valence electrons. The van der Waals surface area contributed by atoms with Crippen molar-refractivity contribution in [1.82, 2.24) is 9.88 Å². The number of carbonyl (C=O) groups is 1. The minimum Gasteiger partial charge on any atom is -0.493 e. The molecule has 1 aliphatic carbocycles. The number of nitrogens with one attached hydrogen (secondary N) is 1. The third-order valence-electron chi connectivity index (χ3n) is 6.34. The summed E-state index contributed by atoms with van der Waals surface area (Å²) in [5, 5.41) is 1.23. The lowest BCUT2D eigenvalue weighted by molar-refractivity contribution is -0.129. The standard InChI is InChI=1S/C25H26N2O3/c1-29-21-13-7-11-19(24(21)30-2)23-22-18(17-10-5-6-12-20(17)26-22)14-15-27(23)25(28)16-8-3-4-9-16/h5-8,10-13,23,26H,3-4,9,14-15H2,1-2H3. The molecule has 1 aliphatic heterocycles. The number of rotatable bonds is 4. The highest BCUT2D eigenvalue weighted by Crippen LogP contribution is 2.45. The van der Waals surface area contributed by atoms with E-state index in [1.54, 1.807) is 14.2 Å². The zero-order valence-corrected chi connectivity index (χ0v) is 17.4. The quantitative estimate of drug-likeness (QED) is 0.684. The number of H-pyrrole nitrogens is 1. The second kappa shape index (κ2) is 7.56. The number of hydrogen-bond acceptors (Lipinski definition) is 3. The summed E-state index contributed by atoms with van der Waals surface area (Å²) in [5.41, 5.74) is 5.33. The van der Waals surface area contributed by atoms with E-state index in [9.17, 15) is 4.79 Å². The molecule has 5 rings (SSSR count). The summed E-state index contributed by atoms with van der Waals surface area (Å²) < 4.78 is 11.3. The third-order valence-corrected chi connectivity index (χ3v) is 6.34. The van der Waals surface area contributed by atoms with E-state index in [-0.39, 0.29) is 11.9 Å². The molecule has 1 atom stereocenters. The number of fused-ring (bicyclic) bond motifs is 3. The van der Waals surface area contributed by atoms with E-state index in [1.165, 1.54) is 10.9 Å². The number of nitrogens with zero attached hydrogens (tertiary/aromatic N) is 1. The number of aromatic nitrogens is 1. The Morgan fingerprint density at radius 2 is 1.93 bits per heavy atom. The summed E-state index contributed by atoms with van der Waals surface area (Å²) in [7, 11) is 3.30. The number of benzene rings is 2. The summed E-state index contributed by atoms with van der Waals surface area (Å²) >= 11 is 0. The highest BCUT2D eigenvalue weighted by Gasteiger charge is 2.37. The molecule has 1 aromatic heterocycles. The second-order valence-corrected chi connectivity index (χ2v) is 7.92. The Balaban J connectivity index is 1.71. The van der Waals surface area contributed by atoms with Gasteiger partial charge in [0, 0.05) is 34.3 Å². The van der Waals surface area contributed by atoms with Gasteiger partial charge >= 0.3 is 0 Å². The van der Waals surface area contributed by atoms with Gasteiger partial charge in [0.25, 0.3) is 0 Å². The Kier molecular flexibility index (Phi) is 4.74. The lowest BCUT2D eigenvalue weighted by Crippen LogP contribution is -2.41. The molecule has 0 saturated carbocycles. The molecule has 0 fully saturated rings. The van der Waals surface area contributed by atoms with Crippen molar-refractivity contribution in [3.8, 4) is 11.5 Å². The van der Waals surface area contributed by atoms with Gasteiger partial charge in [-0.3, -0.25) is 4.79 Å². The van der Waals surface area contributed by atoms with Crippen LogP contribution in [0.1, 0.15) is 42.1 Å². The fourth-order valence-corrected chi connectivity index (χ4v) is 4.96. The summed E-state index contributed by atoms with van der Waals surface area (Å²) in [5.74, 6) is 1.48. The van der Waals surface area contributed by atoms with Crippen molar-refractivity contribution < 1.29 is 14.3 Å². The molecule has 0 saturated heterocycles. The van der Waals surface area contributed by atoms with Crippen LogP contribution in [0, 0.1) is 0 Å². The van der Waals surface area contributed by atoms with Gasteiger partial charge in [-0.2, -0.15) is 0 Å². The zero-order chi connectivity index (χ0) is 20.7. The van der Waals surface area contributed by atoms with Crippen LogP contribution in [0.2, 0.25) is 0 Å². The number of aromatic amines is 1. The van der Waals surface area contributed by atoms with Gasteiger partial charge in [0.05, 0.1) is 14.2 Å². The molecule has 30 heavy (non-hydrogen) atoms. The SMILES string of the molecule is COc1cccc(C2c3[nH]c4ccccc4c3CCN2C(=O)C2=CCCC2)c1OC. The van der Waals surface area contributed by atoms with Gasteiger partial charge in [-0.1, -0.05) is 36.4 Å². The summed E-state index contributed by atoms with van der Waals surface area (Å²) in [6, 6.07) is 14.0. The molecule has 1 amide bonds. The molecule has 1 N–H and O–H groups in total. The van der Waals surface area contributed by atoms with Crippen molar-refractivity contribution in [2.45, 2.75) is 31.7 Å². The van der Waals surface area contributed by atoms with Crippen molar-refractivity contribution in [3.63, 3.8) is 0 Å². The number of para-hydroxylation sites is 2. The number of ether oxygens (including phenoxy) is 2. The summed E-state index contributed by atoms with van der Waals surface area (Å²) in [6.45, 7) is 0.677. The Hall–Kier alpha value is -3.21. The minimum absolute atomic E-state index is 0.131. The Labute approximate surface area is 176 Å². The van der Waals surface area contributed by atoms with Crippen LogP contribution in [0.5, 0.6) is 11.5 Å². The van der Waals surface area contributed by atoms with Crippen LogP contribution in [0.25, 0.3) is 10.9 Å². The van der Waals surface area contributed by atoms with Gasteiger partial charge in [-0.15, -0.1) is 0 Å². The normalized spacial score (nSPS) is 18.3. The molecule has 5 heteroatoms. The summed E-state index contributed by atoms with van der Waals surface area (Å²) in [4.78, 5) is 19.2. The van der Waals surface area contributed by atoms with Crippen LogP contribution in [-0.2, 0) is 11.2 Å². The fraction of sp³-hybridized carbons (Fsp3) is 0.320. The van der Waals surface area contributed by atoms with Crippen LogP contribution in [0.3, 0.4) is 0 Å². The van der Waals surface area contributed by atoms with Gasteiger partial charge in [0.2, 0.25) is 5.91 Å². The lowest BCUT2D eigenvalue weighted by atomic mass is 9.91. The van der Waals surface area contributed by atoms with Crippen molar-refractivity contribution in [2.75, 3.05) is 20.8 Å². The first-order valence-corrected chi connectivity index (χ1v) is 10.5. The van der Waals surface area contributed by atoms with E-state index in [0.29, 0.717) is 18.0 Å². The Morgan fingerprint density at radius 3 is 2.70 bits per heavy atom. The van der Waals surface area contributed by atoms with Gasteiger partial charge < -0.3 is 19.4 Å². The predicted molar refractivity (Wildman–Crippen MR) is 117 cm³/mol. The average Bonchev–Trinajstić information content (AvgIpc) is 3.45. The van der Waals surface area contributed by atoms with Crippen LogP contribution in [0.15, 0.2) is 54.1 Å². The minimum atomic E-state index is -0.250. The maximum atomic E-state index is 13.5. The summed E-state index contributed by atoms with van der Waals surface area (Å²) in [6.07, 6.45) is 5.83. The van der Waals surface area contributed by atoms with Gasteiger partial charge in [-0.25, -0.2) is 0 Å². The monoisotopic (exact) mass is 402 g/mol. The highest BCUT2D eigenvalue weighted by molar-refractivity contribution is 5.95. The van der Waals surface area contributed by atoms with E-state index in [1.807, 2.05) is 29.2 Å². The van der Waals surface area contributed by atoms with Gasteiger partial charge in [0.1, 0.15) is 6.04 Å². The third kappa shape index (κ3) is 2.88. The molecule has 0 radical (unpaired) electrons. The number of carbonyl (C=O) groups excluding carboxylic acids is 1. The Bertz CT molecular complexity index is 1140. The maximum absolute atomic E-state index is 13.5. The predicted octanol–water partition coefficient (Wildman–Crippen LogP) is 4.77. The first-order valence-electron chi connectivity index (χ1n) is 10.5. The smallest absolute Gasteiger partial charge is 0.250 e. The van der Waals surface area contributed by atoms with E-state index in [2.05, 4.69) is 29.3 Å². The largest absolute Gasteiger partial charge is 0.493 e. The molecule has 2 heterocycles. The van der Waals surface area contributed by atoms with Gasteiger partial charge in [0.15, 0.2) is 11.5 Å². The van der Waals surface area contributed by atoms with Crippen LogP contribution < -0.4 is 9.47 Å². The van der Waals surface area contributed by atoms with Crippen molar-refractivity contribution in [1.29, 1.82) is 0 Å². The van der Waals surface area contributed by atoms with E-state index in [4.69, 9.17) is 9.47 Å². The Morgan fingerprint density at radius 1 is 1.07 bits per heavy atom. The lowest BCUT2D eigenvalue weighted by Gasteiger charge is -2.37. The molecule has 0 bridgehead atoms. The molecular formula is C25H26N2O3. The molecule has 0 spiro atoms. The number of methoxy groups -OCH3 is 2. The number of allylic oxidation sites excluding steroid dienone is 1. The van der Waals surface area contributed by atoms with Gasteiger partial charge in [-0.05, 0) is 43.4 Å². The molecular weight excluding hydrogens is 376 g/mol. The zero-order valence-electron chi connectivity index (χ0n) is 17.4. The molecule has 1 unspecified atom stereocenters.